The first-order valence-electron chi connectivity index (χ1n) is 8.13. The van der Waals surface area contributed by atoms with Gasteiger partial charge in [-0.25, -0.2) is 0 Å². The van der Waals surface area contributed by atoms with E-state index in [1.165, 1.54) is 16.7 Å². The summed E-state index contributed by atoms with van der Waals surface area (Å²) in [5, 5.41) is 5.53. The van der Waals surface area contributed by atoms with Gasteiger partial charge in [0.25, 0.3) is 0 Å². The van der Waals surface area contributed by atoms with E-state index >= 15 is 0 Å². The van der Waals surface area contributed by atoms with Crippen LogP contribution in [0, 0.1) is 20.8 Å². The highest BCUT2D eigenvalue weighted by Gasteiger charge is 2.09. The van der Waals surface area contributed by atoms with Gasteiger partial charge in [0.1, 0.15) is 6.42 Å². The molecule has 0 aliphatic rings. The van der Waals surface area contributed by atoms with Crippen LogP contribution in [0.25, 0.3) is 0 Å². The zero-order chi connectivity index (χ0) is 17.5. The largest absolute Gasteiger partial charge is 0.355 e. The van der Waals surface area contributed by atoms with E-state index in [2.05, 4.69) is 42.7 Å². The Balaban J connectivity index is 1.75. The molecule has 2 amide bonds. The number of anilines is 1. The van der Waals surface area contributed by atoms with Crippen molar-refractivity contribution in [3.63, 3.8) is 0 Å². The number of hydrogen-bond acceptors (Lipinski definition) is 2. The smallest absolute Gasteiger partial charge is 0.233 e. The van der Waals surface area contributed by atoms with Crippen LogP contribution in [-0.2, 0) is 16.0 Å². The van der Waals surface area contributed by atoms with Crippen molar-refractivity contribution >= 4 is 17.5 Å². The highest BCUT2D eigenvalue weighted by atomic mass is 16.2. The predicted octanol–water partition coefficient (Wildman–Crippen LogP) is 3.30. The second kappa shape index (κ2) is 8.29. The molecule has 0 saturated carbocycles. The summed E-state index contributed by atoms with van der Waals surface area (Å²) in [4.78, 5) is 23.7. The van der Waals surface area contributed by atoms with Gasteiger partial charge in [0.15, 0.2) is 0 Å². The molecule has 0 fully saturated rings. The molecule has 2 aromatic carbocycles. The SMILES string of the molecule is Cc1ccc(NC(=O)CC(=O)NCCc2cc(C)ccc2C)cc1. The topological polar surface area (TPSA) is 58.2 Å². The summed E-state index contributed by atoms with van der Waals surface area (Å²) >= 11 is 0. The van der Waals surface area contributed by atoms with E-state index in [-0.39, 0.29) is 18.2 Å². The van der Waals surface area contributed by atoms with Crippen LogP contribution < -0.4 is 10.6 Å². The summed E-state index contributed by atoms with van der Waals surface area (Å²) in [5.41, 5.74) is 5.47. The Hall–Kier alpha value is -2.62. The molecule has 0 spiro atoms. The highest BCUT2D eigenvalue weighted by Crippen LogP contribution is 2.11. The third-order valence-electron chi connectivity index (χ3n) is 3.88. The second-order valence-electron chi connectivity index (χ2n) is 6.12. The van der Waals surface area contributed by atoms with Crippen molar-refractivity contribution in [2.45, 2.75) is 33.6 Å². The van der Waals surface area contributed by atoms with Crippen LogP contribution in [0.2, 0.25) is 0 Å². The standard InChI is InChI=1S/C20H24N2O2/c1-14-5-8-18(9-6-14)22-20(24)13-19(23)21-11-10-17-12-15(2)4-7-16(17)3/h4-9,12H,10-11,13H2,1-3H3,(H,21,23)(H,22,24). The van der Waals surface area contributed by atoms with Gasteiger partial charge in [0, 0.05) is 12.2 Å². The van der Waals surface area contributed by atoms with Crippen molar-refractivity contribution in [3.05, 3.63) is 64.7 Å². The molecule has 24 heavy (non-hydrogen) atoms. The number of hydrogen-bond donors (Lipinski definition) is 2. The monoisotopic (exact) mass is 324 g/mol. The van der Waals surface area contributed by atoms with Crippen molar-refractivity contribution in [2.75, 3.05) is 11.9 Å². The van der Waals surface area contributed by atoms with Crippen LogP contribution in [0.1, 0.15) is 28.7 Å². The summed E-state index contributed by atoms with van der Waals surface area (Å²) < 4.78 is 0. The molecular weight excluding hydrogens is 300 g/mol. The molecule has 0 radical (unpaired) electrons. The fraction of sp³-hybridized carbons (Fsp3) is 0.300. The van der Waals surface area contributed by atoms with Crippen molar-refractivity contribution in [2.24, 2.45) is 0 Å². The molecule has 0 bridgehead atoms. The van der Waals surface area contributed by atoms with E-state index in [0.717, 1.165) is 12.0 Å². The van der Waals surface area contributed by atoms with Crippen LogP contribution in [-0.4, -0.2) is 18.4 Å². The van der Waals surface area contributed by atoms with E-state index in [0.29, 0.717) is 12.2 Å². The number of aryl methyl sites for hydroxylation is 3. The Bertz CT molecular complexity index is 721. The zero-order valence-electron chi connectivity index (χ0n) is 14.5. The maximum absolute atomic E-state index is 11.9. The number of carbonyl (C=O) groups excluding carboxylic acids is 2. The van der Waals surface area contributed by atoms with Crippen LogP contribution in [0.5, 0.6) is 0 Å². The lowest BCUT2D eigenvalue weighted by atomic mass is 10.0. The molecule has 4 nitrogen and oxygen atoms in total. The van der Waals surface area contributed by atoms with Gasteiger partial charge >= 0.3 is 0 Å². The Morgan fingerprint density at radius 1 is 0.875 bits per heavy atom. The van der Waals surface area contributed by atoms with E-state index in [9.17, 15) is 9.59 Å². The molecular formula is C20H24N2O2. The highest BCUT2D eigenvalue weighted by molar-refractivity contribution is 6.03. The van der Waals surface area contributed by atoms with Crippen LogP contribution in [0.15, 0.2) is 42.5 Å². The van der Waals surface area contributed by atoms with Gasteiger partial charge in [-0.1, -0.05) is 41.5 Å². The second-order valence-corrected chi connectivity index (χ2v) is 6.12. The Morgan fingerprint density at radius 2 is 1.54 bits per heavy atom. The molecule has 0 heterocycles. The molecule has 0 aliphatic carbocycles. The first kappa shape index (κ1) is 17.7. The lowest BCUT2D eigenvalue weighted by molar-refractivity contribution is -0.126. The summed E-state index contributed by atoms with van der Waals surface area (Å²) in [6.45, 7) is 6.62. The van der Waals surface area contributed by atoms with E-state index < -0.39 is 0 Å². The lowest BCUT2D eigenvalue weighted by Gasteiger charge is -2.09. The number of carbonyl (C=O) groups is 2. The summed E-state index contributed by atoms with van der Waals surface area (Å²) in [5.74, 6) is -0.562. The average molecular weight is 324 g/mol. The molecule has 0 unspecified atom stereocenters. The van der Waals surface area contributed by atoms with Crippen molar-refractivity contribution in [1.82, 2.24) is 5.32 Å². The van der Waals surface area contributed by atoms with Gasteiger partial charge in [0.05, 0.1) is 0 Å². The molecule has 2 N–H and O–H groups in total. The Morgan fingerprint density at radius 3 is 2.25 bits per heavy atom. The lowest BCUT2D eigenvalue weighted by Crippen LogP contribution is -2.29. The van der Waals surface area contributed by atoms with Crippen molar-refractivity contribution in [1.29, 1.82) is 0 Å². The third-order valence-corrected chi connectivity index (χ3v) is 3.88. The molecule has 0 aromatic heterocycles. The quantitative estimate of drug-likeness (QED) is 0.801. The Labute approximate surface area is 143 Å². The molecule has 0 atom stereocenters. The fourth-order valence-electron chi connectivity index (χ4n) is 2.46. The van der Waals surface area contributed by atoms with Gasteiger partial charge in [-0.2, -0.15) is 0 Å². The summed E-state index contributed by atoms with van der Waals surface area (Å²) in [7, 11) is 0. The number of amides is 2. The summed E-state index contributed by atoms with van der Waals surface area (Å²) in [6.07, 6.45) is 0.597. The number of benzene rings is 2. The molecule has 2 aromatic rings. The van der Waals surface area contributed by atoms with Crippen LogP contribution >= 0.6 is 0 Å². The van der Waals surface area contributed by atoms with Crippen molar-refractivity contribution < 1.29 is 9.59 Å². The summed E-state index contributed by atoms with van der Waals surface area (Å²) in [6, 6.07) is 13.8. The number of nitrogens with one attached hydrogen (secondary N) is 2. The minimum Gasteiger partial charge on any atom is -0.355 e. The van der Waals surface area contributed by atoms with E-state index in [4.69, 9.17) is 0 Å². The maximum atomic E-state index is 11.9. The van der Waals surface area contributed by atoms with E-state index in [1.54, 1.807) is 0 Å². The number of rotatable bonds is 6. The molecule has 0 aliphatic heterocycles. The first-order chi connectivity index (χ1) is 11.4. The fourth-order valence-corrected chi connectivity index (χ4v) is 2.46. The minimum atomic E-state index is -0.303. The van der Waals surface area contributed by atoms with E-state index in [1.807, 2.05) is 31.2 Å². The van der Waals surface area contributed by atoms with Gasteiger partial charge in [-0.3, -0.25) is 9.59 Å². The van der Waals surface area contributed by atoms with Gasteiger partial charge in [-0.15, -0.1) is 0 Å². The molecule has 126 valence electrons. The van der Waals surface area contributed by atoms with Crippen LogP contribution in [0.3, 0.4) is 0 Å². The Kier molecular flexibility index (Phi) is 6.13. The van der Waals surface area contributed by atoms with Gasteiger partial charge in [0.2, 0.25) is 11.8 Å². The molecule has 4 heteroatoms. The van der Waals surface area contributed by atoms with Gasteiger partial charge < -0.3 is 10.6 Å². The molecule has 0 saturated heterocycles. The van der Waals surface area contributed by atoms with Crippen molar-refractivity contribution in [3.8, 4) is 0 Å². The third kappa shape index (κ3) is 5.54. The zero-order valence-corrected chi connectivity index (χ0v) is 14.5. The first-order valence-corrected chi connectivity index (χ1v) is 8.13. The minimum absolute atomic E-state index is 0.166. The predicted molar refractivity (Wildman–Crippen MR) is 97.1 cm³/mol. The maximum Gasteiger partial charge on any atom is 0.233 e. The molecule has 2 rings (SSSR count). The average Bonchev–Trinajstić information content (AvgIpc) is 2.53. The normalized spacial score (nSPS) is 10.3. The van der Waals surface area contributed by atoms with Crippen LogP contribution in [0.4, 0.5) is 5.69 Å². The van der Waals surface area contributed by atoms with Gasteiger partial charge in [-0.05, 0) is 50.5 Å².